The molecule has 30 heavy (non-hydrogen) atoms. The van der Waals surface area contributed by atoms with Crippen molar-refractivity contribution in [2.24, 2.45) is 0 Å². The van der Waals surface area contributed by atoms with Crippen molar-refractivity contribution in [1.82, 2.24) is 25.4 Å². The highest BCUT2D eigenvalue weighted by Gasteiger charge is 2.19. The van der Waals surface area contributed by atoms with Crippen molar-refractivity contribution >= 4 is 23.7 Å². The van der Waals surface area contributed by atoms with E-state index in [1.54, 1.807) is 0 Å². The molecule has 3 rings (SSSR count). The monoisotopic (exact) mass is 423 g/mol. The lowest BCUT2D eigenvalue weighted by Gasteiger charge is -2.20. The van der Waals surface area contributed by atoms with E-state index in [1.807, 2.05) is 86.9 Å². The van der Waals surface area contributed by atoms with Gasteiger partial charge in [-0.2, -0.15) is 0 Å². The molecular weight excluding hydrogens is 398 g/mol. The minimum absolute atomic E-state index is 0.0380. The van der Waals surface area contributed by atoms with Gasteiger partial charge in [-0.25, -0.2) is 4.79 Å². The van der Waals surface area contributed by atoms with Crippen molar-refractivity contribution in [3.05, 3.63) is 60.2 Å². The number of urea groups is 1. The highest BCUT2D eigenvalue weighted by Crippen LogP contribution is 2.28. The van der Waals surface area contributed by atoms with Crippen molar-refractivity contribution in [1.29, 1.82) is 0 Å². The SMILES string of the molecule is Cc1cccc(-n2c(SCC(=O)NC(=O)NC(C)(C)C)nnc2-c2ccccc2)c1. The normalized spacial score (nSPS) is 11.2. The van der Waals surface area contributed by atoms with Crippen LogP contribution >= 0.6 is 11.8 Å². The molecule has 3 aromatic rings. The molecule has 0 aliphatic heterocycles. The average molecular weight is 424 g/mol. The van der Waals surface area contributed by atoms with Gasteiger partial charge < -0.3 is 5.32 Å². The number of nitrogens with one attached hydrogen (secondary N) is 2. The first-order valence-electron chi connectivity index (χ1n) is 9.55. The van der Waals surface area contributed by atoms with Crippen LogP contribution in [0.2, 0.25) is 0 Å². The Balaban J connectivity index is 1.82. The zero-order chi connectivity index (χ0) is 21.7. The van der Waals surface area contributed by atoms with E-state index in [0.717, 1.165) is 16.8 Å². The van der Waals surface area contributed by atoms with Crippen LogP contribution in [-0.2, 0) is 4.79 Å². The zero-order valence-corrected chi connectivity index (χ0v) is 18.3. The molecule has 0 unspecified atom stereocenters. The topological polar surface area (TPSA) is 88.9 Å². The summed E-state index contributed by atoms with van der Waals surface area (Å²) in [5, 5.41) is 14.3. The third-order valence-electron chi connectivity index (χ3n) is 4.00. The molecule has 0 aliphatic rings. The van der Waals surface area contributed by atoms with Crippen LogP contribution < -0.4 is 10.6 Å². The highest BCUT2D eigenvalue weighted by atomic mass is 32.2. The van der Waals surface area contributed by atoms with E-state index < -0.39 is 17.5 Å². The number of aryl methyl sites for hydroxylation is 1. The van der Waals surface area contributed by atoms with E-state index in [1.165, 1.54) is 11.8 Å². The molecule has 3 amide bonds. The number of imide groups is 1. The molecule has 0 atom stereocenters. The summed E-state index contributed by atoms with van der Waals surface area (Å²) in [6.45, 7) is 7.56. The van der Waals surface area contributed by atoms with Crippen LogP contribution in [-0.4, -0.2) is 38.0 Å². The molecule has 0 saturated carbocycles. The first kappa shape index (κ1) is 21.6. The highest BCUT2D eigenvalue weighted by molar-refractivity contribution is 7.99. The summed E-state index contributed by atoms with van der Waals surface area (Å²) >= 11 is 1.23. The van der Waals surface area contributed by atoms with E-state index in [9.17, 15) is 9.59 Å². The van der Waals surface area contributed by atoms with Gasteiger partial charge in [-0.1, -0.05) is 54.2 Å². The number of nitrogens with zero attached hydrogens (tertiary/aromatic N) is 3. The van der Waals surface area contributed by atoms with Crippen molar-refractivity contribution in [2.45, 2.75) is 38.4 Å². The Bertz CT molecular complexity index is 1040. The van der Waals surface area contributed by atoms with Crippen LogP contribution in [0.4, 0.5) is 4.79 Å². The van der Waals surface area contributed by atoms with Crippen molar-refractivity contribution in [3.63, 3.8) is 0 Å². The second-order valence-corrected chi connectivity index (χ2v) is 8.83. The van der Waals surface area contributed by atoms with Gasteiger partial charge in [0.25, 0.3) is 0 Å². The molecule has 8 heteroatoms. The van der Waals surface area contributed by atoms with Crippen LogP contribution in [0.25, 0.3) is 17.1 Å². The van der Waals surface area contributed by atoms with E-state index in [-0.39, 0.29) is 5.75 Å². The van der Waals surface area contributed by atoms with E-state index in [2.05, 4.69) is 20.8 Å². The lowest BCUT2D eigenvalue weighted by Crippen LogP contribution is -2.48. The number of hydrogen-bond donors (Lipinski definition) is 2. The Kier molecular flexibility index (Phi) is 6.56. The number of hydrogen-bond acceptors (Lipinski definition) is 5. The second-order valence-electron chi connectivity index (χ2n) is 7.89. The maximum absolute atomic E-state index is 12.2. The number of benzene rings is 2. The van der Waals surface area contributed by atoms with Gasteiger partial charge in [0.15, 0.2) is 11.0 Å². The molecule has 0 radical (unpaired) electrons. The van der Waals surface area contributed by atoms with Crippen LogP contribution in [0.1, 0.15) is 26.3 Å². The molecule has 1 aromatic heterocycles. The van der Waals surface area contributed by atoms with Gasteiger partial charge in [0.1, 0.15) is 0 Å². The van der Waals surface area contributed by atoms with E-state index in [0.29, 0.717) is 11.0 Å². The zero-order valence-electron chi connectivity index (χ0n) is 17.5. The number of thioether (sulfide) groups is 1. The Morgan fingerprint density at radius 2 is 1.77 bits per heavy atom. The summed E-state index contributed by atoms with van der Waals surface area (Å²) < 4.78 is 1.93. The molecule has 1 heterocycles. The summed E-state index contributed by atoms with van der Waals surface area (Å²) in [6.07, 6.45) is 0. The van der Waals surface area contributed by atoms with Crippen molar-refractivity contribution in [3.8, 4) is 17.1 Å². The molecule has 0 bridgehead atoms. The van der Waals surface area contributed by atoms with Gasteiger partial charge in [0.2, 0.25) is 5.91 Å². The first-order valence-corrected chi connectivity index (χ1v) is 10.5. The van der Waals surface area contributed by atoms with Crippen LogP contribution in [0.15, 0.2) is 59.8 Å². The Morgan fingerprint density at radius 3 is 2.43 bits per heavy atom. The third-order valence-corrected chi connectivity index (χ3v) is 4.93. The first-order chi connectivity index (χ1) is 14.2. The summed E-state index contributed by atoms with van der Waals surface area (Å²) in [7, 11) is 0. The van der Waals surface area contributed by atoms with Gasteiger partial charge in [0.05, 0.1) is 5.75 Å². The van der Waals surface area contributed by atoms with Gasteiger partial charge in [-0.05, 0) is 45.4 Å². The Labute approximate surface area is 180 Å². The predicted molar refractivity (Wildman–Crippen MR) is 119 cm³/mol. The molecule has 0 saturated heterocycles. The number of aromatic nitrogens is 3. The minimum atomic E-state index is -0.516. The summed E-state index contributed by atoms with van der Waals surface area (Å²) in [5.41, 5.74) is 2.51. The molecule has 7 nitrogen and oxygen atoms in total. The third kappa shape index (κ3) is 5.70. The molecular formula is C22H25N5O2S. The molecule has 2 N–H and O–H groups in total. The number of amides is 3. The van der Waals surface area contributed by atoms with Gasteiger partial charge in [0, 0.05) is 16.8 Å². The number of rotatable bonds is 5. The fourth-order valence-corrected chi connectivity index (χ4v) is 3.55. The van der Waals surface area contributed by atoms with Crippen LogP contribution in [0.5, 0.6) is 0 Å². The molecule has 2 aromatic carbocycles. The Hall–Kier alpha value is -3.13. The number of carbonyl (C=O) groups excluding carboxylic acids is 2. The molecule has 0 aliphatic carbocycles. The average Bonchev–Trinajstić information content (AvgIpc) is 3.09. The van der Waals surface area contributed by atoms with Crippen molar-refractivity contribution < 1.29 is 9.59 Å². The largest absolute Gasteiger partial charge is 0.333 e. The Morgan fingerprint density at radius 1 is 1.03 bits per heavy atom. The van der Waals surface area contributed by atoms with Gasteiger partial charge in [-0.15, -0.1) is 10.2 Å². The smallest absolute Gasteiger partial charge is 0.321 e. The fourth-order valence-electron chi connectivity index (χ4n) is 2.80. The maximum Gasteiger partial charge on any atom is 0.321 e. The fraction of sp³-hybridized carbons (Fsp3) is 0.273. The lowest BCUT2D eigenvalue weighted by atomic mass is 10.1. The quantitative estimate of drug-likeness (QED) is 0.607. The van der Waals surface area contributed by atoms with Crippen LogP contribution in [0.3, 0.4) is 0 Å². The standard InChI is InChI=1S/C22H25N5O2S/c1-15-9-8-12-17(13-15)27-19(16-10-6-5-7-11-16)25-26-21(27)30-14-18(28)23-20(29)24-22(2,3)4/h5-13H,14H2,1-4H3,(H2,23,24,28,29). The van der Waals surface area contributed by atoms with Crippen LogP contribution in [0, 0.1) is 6.92 Å². The van der Waals surface area contributed by atoms with E-state index >= 15 is 0 Å². The molecule has 156 valence electrons. The summed E-state index contributed by atoms with van der Waals surface area (Å²) in [4.78, 5) is 24.2. The summed E-state index contributed by atoms with van der Waals surface area (Å²) in [6, 6.07) is 17.2. The second kappa shape index (κ2) is 9.13. The molecule has 0 spiro atoms. The van der Waals surface area contributed by atoms with Gasteiger partial charge >= 0.3 is 6.03 Å². The minimum Gasteiger partial charge on any atom is -0.333 e. The summed E-state index contributed by atoms with van der Waals surface area (Å²) in [5.74, 6) is 0.326. The lowest BCUT2D eigenvalue weighted by molar-refractivity contribution is -0.117. The van der Waals surface area contributed by atoms with Crippen molar-refractivity contribution in [2.75, 3.05) is 5.75 Å². The predicted octanol–water partition coefficient (Wildman–Crippen LogP) is 3.96. The van der Waals surface area contributed by atoms with E-state index in [4.69, 9.17) is 0 Å². The van der Waals surface area contributed by atoms with Gasteiger partial charge in [-0.3, -0.25) is 14.7 Å². The maximum atomic E-state index is 12.2. The molecule has 0 fully saturated rings. The number of carbonyl (C=O) groups is 2.